The molecule has 2 nitrogen and oxygen atoms in total. The van der Waals surface area contributed by atoms with Gasteiger partial charge in [0.1, 0.15) is 17.4 Å². The van der Waals surface area contributed by atoms with E-state index >= 15 is 0 Å². The number of hydrogen-bond acceptors (Lipinski definition) is 2. The molecular formula is C15H9Cl3O2. The highest BCUT2D eigenvalue weighted by Crippen LogP contribution is 2.34. The van der Waals surface area contributed by atoms with Gasteiger partial charge in [-0.2, -0.15) is 0 Å². The molecule has 0 bridgehead atoms. The molecule has 1 heterocycles. The van der Waals surface area contributed by atoms with Crippen LogP contribution in [0.5, 0.6) is 0 Å². The van der Waals surface area contributed by atoms with Gasteiger partial charge in [0.25, 0.3) is 0 Å². The van der Waals surface area contributed by atoms with Crippen LogP contribution in [0.15, 0.2) is 46.9 Å². The number of rotatable bonds is 2. The van der Waals surface area contributed by atoms with Crippen LogP contribution in [0.25, 0.3) is 11.0 Å². The van der Waals surface area contributed by atoms with Gasteiger partial charge < -0.3 is 9.52 Å². The first-order chi connectivity index (χ1) is 9.54. The van der Waals surface area contributed by atoms with Crippen LogP contribution in [0.2, 0.25) is 15.1 Å². The molecule has 0 saturated heterocycles. The molecule has 1 aromatic heterocycles. The first-order valence-electron chi connectivity index (χ1n) is 5.86. The fraction of sp³-hybridized carbons (Fsp3) is 0.0667. The summed E-state index contributed by atoms with van der Waals surface area (Å²) >= 11 is 17.9. The van der Waals surface area contributed by atoms with Crippen LogP contribution in [0, 0.1) is 0 Å². The van der Waals surface area contributed by atoms with Gasteiger partial charge in [-0.1, -0.05) is 34.8 Å². The number of fused-ring (bicyclic) bond motifs is 1. The van der Waals surface area contributed by atoms with Gasteiger partial charge in [0.2, 0.25) is 0 Å². The second-order valence-corrected chi connectivity index (χ2v) is 5.68. The van der Waals surface area contributed by atoms with E-state index in [1.807, 2.05) is 0 Å². The van der Waals surface area contributed by atoms with E-state index in [0.717, 1.165) is 5.39 Å². The van der Waals surface area contributed by atoms with Crippen LogP contribution in [0.1, 0.15) is 17.4 Å². The third-order valence-corrected chi connectivity index (χ3v) is 3.83. The van der Waals surface area contributed by atoms with Crippen molar-refractivity contribution in [3.8, 4) is 0 Å². The van der Waals surface area contributed by atoms with Crippen molar-refractivity contribution in [1.82, 2.24) is 0 Å². The molecular weight excluding hydrogens is 319 g/mol. The summed E-state index contributed by atoms with van der Waals surface area (Å²) in [6.07, 6.45) is -0.979. The monoisotopic (exact) mass is 326 g/mol. The van der Waals surface area contributed by atoms with Gasteiger partial charge in [-0.15, -0.1) is 0 Å². The average Bonchev–Trinajstić information content (AvgIpc) is 2.83. The van der Waals surface area contributed by atoms with E-state index in [0.29, 0.717) is 32.0 Å². The zero-order valence-electron chi connectivity index (χ0n) is 10.1. The van der Waals surface area contributed by atoms with Crippen molar-refractivity contribution in [2.24, 2.45) is 0 Å². The molecule has 0 amide bonds. The topological polar surface area (TPSA) is 33.4 Å². The van der Waals surface area contributed by atoms with Crippen molar-refractivity contribution in [2.75, 3.05) is 0 Å². The fourth-order valence-electron chi connectivity index (χ4n) is 2.05. The highest BCUT2D eigenvalue weighted by Gasteiger charge is 2.18. The number of benzene rings is 2. The number of halogens is 3. The maximum atomic E-state index is 10.4. The Morgan fingerprint density at radius 1 is 0.900 bits per heavy atom. The number of hydrogen-bond donors (Lipinski definition) is 1. The Balaban J connectivity index is 2.07. The van der Waals surface area contributed by atoms with E-state index in [4.69, 9.17) is 39.2 Å². The Labute approximate surface area is 130 Å². The largest absolute Gasteiger partial charge is 0.458 e. The third-order valence-electron chi connectivity index (χ3n) is 3.02. The van der Waals surface area contributed by atoms with Crippen LogP contribution < -0.4 is 0 Å². The van der Waals surface area contributed by atoms with Crippen molar-refractivity contribution in [3.63, 3.8) is 0 Å². The van der Waals surface area contributed by atoms with Gasteiger partial charge in [-0.05, 0) is 42.5 Å². The molecule has 0 aliphatic rings. The minimum Gasteiger partial charge on any atom is -0.458 e. The second-order valence-electron chi connectivity index (χ2n) is 4.40. The summed E-state index contributed by atoms with van der Waals surface area (Å²) in [6.45, 7) is 0. The lowest BCUT2D eigenvalue weighted by atomic mass is 10.1. The Kier molecular flexibility index (Phi) is 3.65. The van der Waals surface area contributed by atoms with Crippen molar-refractivity contribution < 1.29 is 9.52 Å². The van der Waals surface area contributed by atoms with E-state index in [-0.39, 0.29) is 0 Å². The van der Waals surface area contributed by atoms with Crippen LogP contribution in [-0.2, 0) is 0 Å². The first-order valence-corrected chi connectivity index (χ1v) is 7.00. The van der Waals surface area contributed by atoms with Gasteiger partial charge in [0.05, 0.1) is 0 Å². The summed E-state index contributed by atoms with van der Waals surface area (Å²) in [6, 6.07) is 11.9. The van der Waals surface area contributed by atoms with Crippen LogP contribution in [0.3, 0.4) is 0 Å². The highest BCUT2D eigenvalue weighted by atomic mass is 35.5. The Morgan fingerprint density at radius 3 is 2.40 bits per heavy atom. The van der Waals surface area contributed by atoms with E-state index in [9.17, 15) is 5.11 Å². The molecule has 0 fully saturated rings. The highest BCUT2D eigenvalue weighted by molar-refractivity contribution is 6.33. The first kappa shape index (κ1) is 13.8. The molecule has 0 radical (unpaired) electrons. The molecule has 0 aliphatic carbocycles. The molecule has 3 rings (SSSR count). The zero-order chi connectivity index (χ0) is 14.3. The molecule has 1 N–H and O–H groups in total. The molecule has 0 saturated carbocycles. The molecule has 0 aliphatic heterocycles. The predicted molar refractivity (Wildman–Crippen MR) is 81.7 cm³/mol. The van der Waals surface area contributed by atoms with Gasteiger partial charge in [0.15, 0.2) is 0 Å². The van der Waals surface area contributed by atoms with Crippen LogP contribution >= 0.6 is 34.8 Å². The fourth-order valence-corrected chi connectivity index (χ4v) is 2.63. The maximum Gasteiger partial charge on any atom is 0.138 e. The number of furan rings is 1. The summed E-state index contributed by atoms with van der Waals surface area (Å²) in [4.78, 5) is 0. The normalized spacial score (nSPS) is 12.8. The van der Waals surface area contributed by atoms with Crippen molar-refractivity contribution in [3.05, 3.63) is 68.9 Å². The molecule has 1 unspecified atom stereocenters. The lowest BCUT2D eigenvalue weighted by Crippen LogP contribution is -1.98. The standard InChI is InChI=1S/C15H9Cl3O2/c16-9-2-4-13-8(5-9)6-14(20-13)15(19)11-7-10(17)1-3-12(11)18/h1-7,15,19H. The number of aliphatic hydroxyl groups excluding tert-OH is 1. The molecule has 2 aromatic carbocycles. The second kappa shape index (κ2) is 5.30. The zero-order valence-corrected chi connectivity index (χ0v) is 12.4. The molecule has 5 heteroatoms. The van der Waals surface area contributed by atoms with Crippen molar-refractivity contribution in [2.45, 2.75) is 6.10 Å². The van der Waals surface area contributed by atoms with Crippen molar-refractivity contribution >= 4 is 45.8 Å². The minimum atomic E-state index is -0.979. The quantitative estimate of drug-likeness (QED) is 0.676. The number of aliphatic hydroxyl groups is 1. The minimum absolute atomic E-state index is 0.395. The molecule has 102 valence electrons. The van der Waals surface area contributed by atoms with Crippen LogP contribution in [-0.4, -0.2) is 5.11 Å². The average molecular weight is 328 g/mol. The Hall–Kier alpha value is -1.19. The van der Waals surface area contributed by atoms with E-state index in [1.165, 1.54) is 0 Å². The predicted octanol–water partition coefficient (Wildman–Crippen LogP) is 5.47. The Bertz CT molecular complexity index is 780. The summed E-state index contributed by atoms with van der Waals surface area (Å²) < 4.78 is 5.62. The summed E-state index contributed by atoms with van der Waals surface area (Å²) in [7, 11) is 0. The van der Waals surface area contributed by atoms with Gasteiger partial charge in [0, 0.05) is 26.0 Å². The molecule has 20 heavy (non-hydrogen) atoms. The lowest BCUT2D eigenvalue weighted by Gasteiger charge is -2.10. The van der Waals surface area contributed by atoms with Crippen LogP contribution in [0.4, 0.5) is 0 Å². The molecule has 1 atom stereocenters. The van der Waals surface area contributed by atoms with E-state index in [2.05, 4.69) is 0 Å². The third kappa shape index (κ3) is 2.52. The summed E-state index contributed by atoms with van der Waals surface area (Å²) in [5.41, 5.74) is 1.16. The SMILES string of the molecule is OC(c1cc2cc(Cl)ccc2o1)c1cc(Cl)ccc1Cl. The van der Waals surface area contributed by atoms with E-state index in [1.54, 1.807) is 42.5 Å². The smallest absolute Gasteiger partial charge is 0.138 e. The Morgan fingerprint density at radius 2 is 1.60 bits per heavy atom. The van der Waals surface area contributed by atoms with E-state index < -0.39 is 6.10 Å². The summed E-state index contributed by atoms with van der Waals surface area (Å²) in [5.74, 6) is 0.395. The molecule has 0 spiro atoms. The lowest BCUT2D eigenvalue weighted by molar-refractivity contribution is 0.192. The molecule has 3 aromatic rings. The van der Waals surface area contributed by atoms with Gasteiger partial charge >= 0.3 is 0 Å². The van der Waals surface area contributed by atoms with Gasteiger partial charge in [-0.3, -0.25) is 0 Å². The van der Waals surface area contributed by atoms with Gasteiger partial charge in [-0.25, -0.2) is 0 Å². The van der Waals surface area contributed by atoms with Crippen molar-refractivity contribution in [1.29, 1.82) is 0 Å². The summed E-state index contributed by atoms with van der Waals surface area (Å²) in [5, 5.41) is 12.8. The maximum absolute atomic E-state index is 10.4.